The van der Waals surface area contributed by atoms with Crippen molar-refractivity contribution in [2.75, 3.05) is 7.11 Å². The van der Waals surface area contributed by atoms with Gasteiger partial charge in [-0.15, -0.1) is 0 Å². The zero-order valence-electron chi connectivity index (χ0n) is 18.2. The van der Waals surface area contributed by atoms with Crippen LogP contribution in [0.5, 0.6) is 5.75 Å². The zero-order chi connectivity index (χ0) is 23.0. The average Bonchev–Trinajstić information content (AvgIpc) is 3.36. The topological polar surface area (TPSA) is 94.7 Å². The van der Waals surface area contributed by atoms with E-state index in [0.717, 1.165) is 16.9 Å². The van der Waals surface area contributed by atoms with Crippen LogP contribution in [0, 0.1) is 0 Å². The molecule has 0 aliphatic heterocycles. The molecule has 0 fully saturated rings. The molecule has 1 atom stereocenters. The van der Waals surface area contributed by atoms with E-state index in [9.17, 15) is 9.90 Å². The van der Waals surface area contributed by atoms with Crippen LogP contribution in [-0.2, 0) is 17.8 Å². The molecule has 0 radical (unpaired) electrons. The predicted molar refractivity (Wildman–Crippen MR) is 122 cm³/mol. The van der Waals surface area contributed by atoms with Crippen molar-refractivity contribution in [2.45, 2.75) is 25.6 Å². The summed E-state index contributed by atoms with van der Waals surface area (Å²) in [5, 5.41) is 10.6. The molecule has 0 amide bonds. The third-order valence-corrected chi connectivity index (χ3v) is 5.14. The van der Waals surface area contributed by atoms with Gasteiger partial charge in [0.25, 0.3) is 0 Å². The van der Waals surface area contributed by atoms with Gasteiger partial charge in [-0.25, -0.2) is 9.78 Å². The molecule has 33 heavy (non-hydrogen) atoms. The first kappa shape index (κ1) is 22.2. The van der Waals surface area contributed by atoms with Gasteiger partial charge in [0, 0.05) is 12.6 Å². The Balaban J connectivity index is 1.29. The molecule has 0 bridgehead atoms. The molecule has 0 aliphatic rings. The molecule has 2 aromatic carbocycles. The number of aliphatic hydroxyl groups is 1. The number of benzene rings is 2. The fourth-order valence-electron chi connectivity index (χ4n) is 3.27. The first-order valence-corrected chi connectivity index (χ1v) is 10.6. The van der Waals surface area contributed by atoms with E-state index in [4.69, 9.17) is 9.15 Å². The predicted octanol–water partition coefficient (Wildman–Crippen LogP) is 4.77. The maximum absolute atomic E-state index is 11.5. The Morgan fingerprint density at radius 3 is 2.48 bits per heavy atom. The molecule has 0 spiro atoms. The molecule has 2 aromatic heterocycles. The minimum absolute atomic E-state index is 0.363. The molecule has 1 N–H and O–H groups in total. The second-order valence-corrected chi connectivity index (χ2v) is 7.44. The van der Waals surface area contributed by atoms with Crippen LogP contribution in [-0.4, -0.2) is 28.2 Å². The number of methoxy groups -OCH3 is 1. The van der Waals surface area contributed by atoms with Gasteiger partial charge < -0.3 is 19.0 Å². The molecular weight excluding hydrogens is 420 g/mol. The first-order chi connectivity index (χ1) is 16.1. The normalized spacial score (nSPS) is 11.7. The molecule has 4 rings (SSSR count). The van der Waals surface area contributed by atoms with E-state index in [1.54, 1.807) is 18.3 Å². The smallest absolute Gasteiger partial charge is 0.339 e. The third kappa shape index (κ3) is 5.84. The van der Waals surface area contributed by atoms with Crippen LogP contribution in [0.3, 0.4) is 0 Å². The number of pyridine rings is 1. The van der Waals surface area contributed by atoms with E-state index in [-0.39, 0.29) is 0 Å². The molecule has 7 heteroatoms. The Labute approximate surface area is 191 Å². The second kappa shape index (κ2) is 10.6. The van der Waals surface area contributed by atoms with E-state index in [1.807, 2.05) is 54.6 Å². The zero-order valence-corrected chi connectivity index (χ0v) is 18.2. The summed E-state index contributed by atoms with van der Waals surface area (Å²) in [6, 6.07) is 20.7. The molecule has 4 aromatic rings. The van der Waals surface area contributed by atoms with Gasteiger partial charge in [-0.2, -0.15) is 0 Å². The number of ether oxygens (including phenoxy) is 2. The van der Waals surface area contributed by atoms with Crippen molar-refractivity contribution >= 4 is 5.97 Å². The summed E-state index contributed by atoms with van der Waals surface area (Å²) < 4.78 is 16.2. The number of aromatic nitrogens is 2. The summed E-state index contributed by atoms with van der Waals surface area (Å²) in [5.41, 5.74) is 2.78. The van der Waals surface area contributed by atoms with Gasteiger partial charge in [0.2, 0.25) is 0 Å². The molecule has 0 saturated heterocycles. The highest BCUT2D eigenvalue weighted by molar-refractivity contribution is 5.89. The number of aryl methyl sites for hydroxylation is 1. The second-order valence-electron chi connectivity index (χ2n) is 7.44. The molecule has 7 nitrogen and oxygen atoms in total. The largest absolute Gasteiger partial charge is 0.489 e. The van der Waals surface area contributed by atoms with Crippen LogP contribution < -0.4 is 4.74 Å². The number of esters is 1. The maximum Gasteiger partial charge on any atom is 0.339 e. The van der Waals surface area contributed by atoms with Gasteiger partial charge in [-0.1, -0.05) is 42.5 Å². The quantitative estimate of drug-likeness (QED) is 0.372. The Hall–Kier alpha value is -3.97. The van der Waals surface area contributed by atoms with E-state index in [2.05, 4.69) is 14.7 Å². The molecule has 2 heterocycles. The molecule has 0 saturated carbocycles. The van der Waals surface area contributed by atoms with Crippen molar-refractivity contribution < 1.29 is 23.8 Å². The standard InChI is InChI=1S/C26H24N2O5/c1-31-26(30)20-11-12-22(27-15-20)24-16-28-25(33-24)14-13-23(29)19-9-7-18(8-10-19)17-32-21-5-3-2-4-6-21/h2-12,15-16,23,29H,13-14,17H2,1H3. The fraction of sp³-hybridized carbons (Fsp3) is 0.192. The number of carbonyl (C=O) groups excluding carboxylic acids is 1. The number of oxazole rings is 1. The average molecular weight is 444 g/mol. The first-order valence-electron chi connectivity index (χ1n) is 10.6. The van der Waals surface area contributed by atoms with Crippen LogP contribution in [0.2, 0.25) is 0 Å². The summed E-state index contributed by atoms with van der Waals surface area (Å²) in [6.07, 6.45) is 3.32. The van der Waals surface area contributed by atoms with Crippen molar-refractivity contribution in [1.29, 1.82) is 0 Å². The minimum atomic E-state index is -0.637. The summed E-state index contributed by atoms with van der Waals surface area (Å²) in [5.74, 6) is 1.38. The highest BCUT2D eigenvalue weighted by Gasteiger charge is 2.13. The summed E-state index contributed by atoms with van der Waals surface area (Å²) >= 11 is 0. The molecular formula is C26H24N2O5. The highest BCUT2D eigenvalue weighted by atomic mass is 16.5. The van der Waals surface area contributed by atoms with Crippen molar-refractivity contribution in [3.05, 3.63) is 102 Å². The minimum Gasteiger partial charge on any atom is -0.489 e. The Morgan fingerprint density at radius 1 is 1.00 bits per heavy atom. The van der Waals surface area contributed by atoms with E-state index in [1.165, 1.54) is 13.3 Å². The molecule has 168 valence electrons. The van der Waals surface area contributed by atoms with Gasteiger partial charge in [0.05, 0.1) is 25.0 Å². The number of hydrogen-bond donors (Lipinski definition) is 1. The monoisotopic (exact) mass is 444 g/mol. The van der Waals surface area contributed by atoms with Crippen molar-refractivity contribution in [3.63, 3.8) is 0 Å². The lowest BCUT2D eigenvalue weighted by Gasteiger charge is -2.11. The van der Waals surface area contributed by atoms with Crippen molar-refractivity contribution in [2.24, 2.45) is 0 Å². The highest BCUT2D eigenvalue weighted by Crippen LogP contribution is 2.23. The number of rotatable bonds is 9. The molecule has 1 unspecified atom stereocenters. The number of aliphatic hydroxyl groups excluding tert-OH is 1. The van der Waals surface area contributed by atoms with Gasteiger partial charge in [0.1, 0.15) is 18.1 Å². The lowest BCUT2D eigenvalue weighted by molar-refractivity contribution is 0.0600. The van der Waals surface area contributed by atoms with Gasteiger partial charge in [-0.05, 0) is 41.8 Å². The van der Waals surface area contributed by atoms with E-state index >= 15 is 0 Å². The number of carbonyl (C=O) groups is 1. The van der Waals surface area contributed by atoms with Crippen molar-refractivity contribution in [1.82, 2.24) is 9.97 Å². The van der Waals surface area contributed by atoms with Crippen LogP contribution in [0.4, 0.5) is 0 Å². The van der Waals surface area contributed by atoms with Crippen molar-refractivity contribution in [3.8, 4) is 17.2 Å². The maximum atomic E-state index is 11.5. The lowest BCUT2D eigenvalue weighted by Crippen LogP contribution is -2.01. The van der Waals surface area contributed by atoms with Gasteiger partial charge >= 0.3 is 5.97 Å². The summed E-state index contributed by atoms with van der Waals surface area (Å²) in [4.78, 5) is 20.0. The van der Waals surface area contributed by atoms with Gasteiger partial charge in [0.15, 0.2) is 11.7 Å². The lowest BCUT2D eigenvalue weighted by atomic mass is 10.0. The van der Waals surface area contributed by atoms with E-state index in [0.29, 0.717) is 42.4 Å². The SMILES string of the molecule is COC(=O)c1ccc(-c2cnc(CCC(O)c3ccc(COc4ccccc4)cc3)o2)nc1. The van der Waals surface area contributed by atoms with Crippen LogP contribution >= 0.6 is 0 Å². The number of para-hydroxylation sites is 1. The van der Waals surface area contributed by atoms with Gasteiger partial charge in [-0.3, -0.25) is 4.98 Å². The van der Waals surface area contributed by atoms with E-state index < -0.39 is 12.1 Å². The number of nitrogens with zero attached hydrogens (tertiary/aromatic N) is 2. The Kier molecular flexibility index (Phi) is 7.12. The van der Waals surface area contributed by atoms with Crippen LogP contribution in [0.25, 0.3) is 11.5 Å². The van der Waals surface area contributed by atoms with Crippen LogP contribution in [0.1, 0.15) is 39.9 Å². The molecule has 0 aliphatic carbocycles. The summed E-state index contributed by atoms with van der Waals surface area (Å²) in [7, 11) is 1.32. The number of hydrogen-bond acceptors (Lipinski definition) is 7. The summed E-state index contributed by atoms with van der Waals surface area (Å²) in [6.45, 7) is 0.466. The third-order valence-electron chi connectivity index (χ3n) is 5.14. The van der Waals surface area contributed by atoms with Crippen LogP contribution in [0.15, 0.2) is 83.5 Å². The Bertz CT molecular complexity index is 1170. The fourth-order valence-corrected chi connectivity index (χ4v) is 3.27. The Morgan fingerprint density at radius 2 is 1.79 bits per heavy atom.